The van der Waals surface area contributed by atoms with Crippen molar-refractivity contribution >= 4 is 5.78 Å². The zero-order valence-electron chi connectivity index (χ0n) is 9.97. The Kier molecular flexibility index (Phi) is 4.29. The number of ether oxygens (including phenoxy) is 1. The van der Waals surface area contributed by atoms with Gasteiger partial charge in [-0.05, 0) is 25.7 Å². The molecule has 1 saturated carbocycles. The molecule has 0 aliphatic heterocycles. The molecule has 0 radical (unpaired) electrons. The van der Waals surface area contributed by atoms with Crippen LogP contribution in [0.4, 0.5) is 0 Å². The molecule has 1 aromatic carbocycles. The number of carbonyl (C=O) groups excluding carboxylic acids is 1. The van der Waals surface area contributed by atoms with Gasteiger partial charge in [0.15, 0.2) is 5.78 Å². The van der Waals surface area contributed by atoms with Crippen LogP contribution in [0, 0.1) is 0 Å². The van der Waals surface area contributed by atoms with Crippen molar-refractivity contribution < 1.29 is 9.53 Å². The van der Waals surface area contributed by atoms with E-state index in [1.54, 1.807) is 0 Å². The molecule has 0 amide bonds. The number of rotatable bonds is 4. The van der Waals surface area contributed by atoms with Gasteiger partial charge in [-0.2, -0.15) is 0 Å². The summed E-state index contributed by atoms with van der Waals surface area (Å²) in [5, 5.41) is 0. The van der Waals surface area contributed by atoms with E-state index in [-0.39, 0.29) is 18.5 Å². The molecule has 0 aromatic heterocycles. The molecule has 1 fully saturated rings. The van der Waals surface area contributed by atoms with E-state index in [4.69, 9.17) is 10.5 Å². The second-order valence-corrected chi connectivity index (χ2v) is 4.64. The summed E-state index contributed by atoms with van der Waals surface area (Å²) in [6.45, 7) is 0.184. The second-order valence-electron chi connectivity index (χ2n) is 4.64. The first-order valence-corrected chi connectivity index (χ1v) is 6.21. The van der Waals surface area contributed by atoms with Crippen LogP contribution in [0.15, 0.2) is 30.3 Å². The summed E-state index contributed by atoms with van der Waals surface area (Å²) >= 11 is 0. The molecule has 0 saturated heterocycles. The number of hydrogen-bond donors (Lipinski definition) is 1. The van der Waals surface area contributed by atoms with E-state index >= 15 is 0 Å². The monoisotopic (exact) mass is 233 g/mol. The maximum absolute atomic E-state index is 11.8. The summed E-state index contributed by atoms with van der Waals surface area (Å²) in [5.74, 6) is 0.0560. The Bertz CT molecular complexity index is 356. The molecule has 92 valence electrons. The van der Waals surface area contributed by atoms with Crippen molar-refractivity contribution in [2.45, 2.75) is 37.8 Å². The van der Waals surface area contributed by atoms with Crippen LogP contribution in [0.3, 0.4) is 0 Å². The lowest BCUT2D eigenvalue weighted by Crippen LogP contribution is -2.31. The topological polar surface area (TPSA) is 52.3 Å². The van der Waals surface area contributed by atoms with Gasteiger partial charge in [-0.15, -0.1) is 0 Å². The largest absolute Gasteiger partial charge is 0.370 e. The Morgan fingerprint density at radius 3 is 2.47 bits per heavy atom. The SMILES string of the molecule is NC1CCC(OCC(=O)c2ccccc2)CC1. The highest BCUT2D eigenvalue weighted by atomic mass is 16.5. The molecule has 1 aliphatic rings. The first-order chi connectivity index (χ1) is 8.25. The summed E-state index contributed by atoms with van der Waals surface area (Å²) < 4.78 is 5.64. The van der Waals surface area contributed by atoms with Gasteiger partial charge in [-0.1, -0.05) is 30.3 Å². The van der Waals surface area contributed by atoms with Crippen LogP contribution in [-0.2, 0) is 4.74 Å². The van der Waals surface area contributed by atoms with E-state index < -0.39 is 0 Å². The highest BCUT2D eigenvalue weighted by molar-refractivity contribution is 5.96. The van der Waals surface area contributed by atoms with Gasteiger partial charge in [-0.25, -0.2) is 0 Å². The smallest absolute Gasteiger partial charge is 0.188 e. The Labute approximate surface area is 102 Å². The van der Waals surface area contributed by atoms with Crippen LogP contribution >= 0.6 is 0 Å². The van der Waals surface area contributed by atoms with Crippen LogP contribution in [0.5, 0.6) is 0 Å². The molecule has 0 atom stereocenters. The average molecular weight is 233 g/mol. The molecule has 0 bridgehead atoms. The van der Waals surface area contributed by atoms with E-state index in [2.05, 4.69) is 0 Å². The highest BCUT2D eigenvalue weighted by Crippen LogP contribution is 2.19. The van der Waals surface area contributed by atoms with Gasteiger partial charge in [0.25, 0.3) is 0 Å². The van der Waals surface area contributed by atoms with E-state index in [1.165, 1.54) is 0 Å². The molecule has 0 heterocycles. The van der Waals surface area contributed by atoms with E-state index in [0.29, 0.717) is 6.04 Å². The van der Waals surface area contributed by atoms with E-state index in [9.17, 15) is 4.79 Å². The number of benzene rings is 1. The van der Waals surface area contributed by atoms with Crippen LogP contribution < -0.4 is 5.73 Å². The van der Waals surface area contributed by atoms with Crippen LogP contribution in [0.1, 0.15) is 36.0 Å². The molecule has 0 unspecified atom stereocenters. The average Bonchev–Trinajstić information content (AvgIpc) is 2.39. The van der Waals surface area contributed by atoms with Crippen LogP contribution in [-0.4, -0.2) is 24.5 Å². The maximum Gasteiger partial charge on any atom is 0.188 e. The Morgan fingerprint density at radius 2 is 1.82 bits per heavy atom. The first-order valence-electron chi connectivity index (χ1n) is 6.21. The normalized spacial score (nSPS) is 24.5. The minimum Gasteiger partial charge on any atom is -0.370 e. The molecular formula is C14H19NO2. The standard InChI is InChI=1S/C14H19NO2/c15-12-6-8-13(9-7-12)17-10-14(16)11-4-2-1-3-5-11/h1-5,12-13H,6-10,15H2. The zero-order chi connectivity index (χ0) is 12.1. The third-order valence-electron chi connectivity index (χ3n) is 3.26. The lowest BCUT2D eigenvalue weighted by molar-refractivity contribution is 0.0260. The van der Waals surface area contributed by atoms with Gasteiger partial charge < -0.3 is 10.5 Å². The fraction of sp³-hybridized carbons (Fsp3) is 0.500. The number of hydrogen-bond acceptors (Lipinski definition) is 3. The molecule has 1 aliphatic carbocycles. The zero-order valence-corrected chi connectivity index (χ0v) is 9.97. The van der Waals surface area contributed by atoms with Crippen LogP contribution in [0.2, 0.25) is 0 Å². The molecule has 1 aromatic rings. The van der Waals surface area contributed by atoms with Crippen molar-refractivity contribution in [3.05, 3.63) is 35.9 Å². The van der Waals surface area contributed by atoms with Gasteiger partial charge in [0.2, 0.25) is 0 Å². The third kappa shape index (κ3) is 3.65. The van der Waals surface area contributed by atoms with Crippen molar-refractivity contribution in [2.75, 3.05) is 6.61 Å². The summed E-state index contributed by atoms with van der Waals surface area (Å²) in [7, 11) is 0. The fourth-order valence-electron chi connectivity index (χ4n) is 2.16. The molecule has 0 spiro atoms. The fourth-order valence-corrected chi connectivity index (χ4v) is 2.16. The first kappa shape index (κ1) is 12.3. The number of nitrogens with two attached hydrogens (primary N) is 1. The Balaban J connectivity index is 1.77. The number of carbonyl (C=O) groups is 1. The summed E-state index contributed by atoms with van der Waals surface area (Å²) in [5.41, 5.74) is 6.54. The van der Waals surface area contributed by atoms with Gasteiger partial charge in [0.05, 0.1) is 6.10 Å². The molecule has 2 rings (SSSR count). The van der Waals surface area contributed by atoms with Gasteiger partial charge in [0, 0.05) is 11.6 Å². The van der Waals surface area contributed by atoms with Crippen molar-refractivity contribution in [1.29, 1.82) is 0 Å². The predicted octanol–water partition coefficient (Wildman–Crippen LogP) is 2.16. The Hall–Kier alpha value is -1.19. The van der Waals surface area contributed by atoms with Crippen molar-refractivity contribution in [3.8, 4) is 0 Å². The van der Waals surface area contributed by atoms with Crippen molar-refractivity contribution in [2.24, 2.45) is 5.73 Å². The molecule has 3 nitrogen and oxygen atoms in total. The number of Topliss-reactive ketones (excluding diaryl/α,β-unsaturated/α-hetero) is 1. The number of ketones is 1. The summed E-state index contributed by atoms with van der Waals surface area (Å²) in [6.07, 6.45) is 4.17. The van der Waals surface area contributed by atoms with Crippen LogP contribution in [0.25, 0.3) is 0 Å². The highest BCUT2D eigenvalue weighted by Gasteiger charge is 2.19. The summed E-state index contributed by atoms with van der Waals surface area (Å²) in [6, 6.07) is 9.60. The Morgan fingerprint density at radius 1 is 1.18 bits per heavy atom. The minimum atomic E-state index is 0.0560. The van der Waals surface area contributed by atoms with Gasteiger partial charge in [-0.3, -0.25) is 4.79 Å². The molecule has 3 heteroatoms. The lowest BCUT2D eigenvalue weighted by atomic mass is 9.94. The third-order valence-corrected chi connectivity index (χ3v) is 3.26. The molecular weight excluding hydrogens is 214 g/mol. The summed E-state index contributed by atoms with van der Waals surface area (Å²) in [4.78, 5) is 11.8. The quantitative estimate of drug-likeness (QED) is 0.811. The predicted molar refractivity (Wildman–Crippen MR) is 67.0 cm³/mol. The van der Waals surface area contributed by atoms with Gasteiger partial charge >= 0.3 is 0 Å². The van der Waals surface area contributed by atoms with Crippen molar-refractivity contribution in [1.82, 2.24) is 0 Å². The van der Waals surface area contributed by atoms with Gasteiger partial charge in [0.1, 0.15) is 6.61 Å². The van der Waals surface area contributed by atoms with Crippen molar-refractivity contribution in [3.63, 3.8) is 0 Å². The molecule has 2 N–H and O–H groups in total. The lowest BCUT2D eigenvalue weighted by Gasteiger charge is -2.25. The second kappa shape index (κ2) is 5.94. The van der Waals surface area contributed by atoms with E-state index in [1.807, 2.05) is 30.3 Å². The minimum absolute atomic E-state index is 0.0560. The molecule has 17 heavy (non-hydrogen) atoms. The van der Waals surface area contributed by atoms with E-state index in [0.717, 1.165) is 31.2 Å². The maximum atomic E-state index is 11.8.